The van der Waals surface area contributed by atoms with Crippen LogP contribution in [0.4, 0.5) is 0 Å². The zero-order chi connectivity index (χ0) is 14.8. The Hall–Kier alpha value is -1.60. The molecular formula is C17H22ClN. The molecule has 0 bridgehead atoms. The molecule has 0 saturated heterocycles. The number of halogens is 1. The van der Waals surface area contributed by atoms with Crippen LogP contribution in [-0.2, 0) is 0 Å². The number of hydrogen-bond acceptors (Lipinski definition) is 1. The molecule has 1 aromatic carbocycles. The quantitative estimate of drug-likeness (QED) is 0.502. The number of nitrogens with zero attached hydrogens (tertiary/aromatic N) is 1. The van der Waals surface area contributed by atoms with Crippen LogP contribution in [0, 0.1) is 0 Å². The van der Waals surface area contributed by atoms with Gasteiger partial charge < -0.3 is 0 Å². The van der Waals surface area contributed by atoms with Crippen LogP contribution in [0.2, 0.25) is 5.02 Å². The lowest BCUT2D eigenvalue weighted by Crippen LogP contribution is -1.99. The van der Waals surface area contributed by atoms with E-state index in [2.05, 4.69) is 18.2 Å². The first kappa shape index (κ1) is 17.4. The Bertz CT molecular complexity index is 478. The molecule has 19 heavy (non-hydrogen) atoms. The van der Waals surface area contributed by atoms with Crippen molar-refractivity contribution < 1.29 is 0 Å². The Morgan fingerprint density at radius 2 is 1.74 bits per heavy atom. The van der Waals surface area contributed by atoms with Gasteiger partial charge in [-0.3, -0.25) is 4.99 Å². The maximum Gasteiger partial charge on any atom is 0.0406 e. The van der Waals surface area contributed by atoms with E-state index >= 15 is 0 Å². The van der Waals surface area contributed by atoms with Crippen molar-refractivity contribution in [1.82, 2.24) is 0 Å². The van der Waals surface area contributed by atoms with Crippen molar-refractivity contribution in [3.8, 4) is 0 Å². The average Bonchev–Trinajstić information content (AvgIpc) is 2.46. The minimum atomic E-state index is 0.721. The van der Waals surface area contributed by atoms with Crippen molar-refractivity contribution in [3.05, 3.63) is 65.7 Å². The van der Waals surface area contributed by atoms with Gasteiger partial charge >= 0.3 is 0 Å². The van der Waals surface area contributed by atoms with E-state index in [1.54, 1.807) is 13.1 Å². The molecule has 1 nitrogen and oxygen atoms in total. The van der Waals surface area contributed by atoms with Crippen LogP contribution in [0.25, 0.3) is 5.57 Å². The van der Waals surface area contributed by atoms with Crippen LogP contribution >= 0.6 is 11.6 Å². The van der Waals surface area contributed by atoms with Crippen LogP contribution in [-0.4, -0.2) is 12.8 Å². The van der Waals surface area contributed by atoms with Gasteiger partial charge in [0.1, 0.15) is 0 Å². The smallest absolute Gasteiger partial charge is 0.0406 e. The number of rotatable bonds is 4. The third-order valence-electron chi connectivity index (χ3n) is 2.54. The number of hydrogen-bond donors (Lipinski definition) is 0. The van der Waals surface area contributed by atoms with Gasteiger partial charge in [0.05, 0.1) is 0 Å². The van der Waals surface area contributed by atoms with Gasteiger partial charge in [-0.05, 0) is 35.8 Å². The second kappa shape index (κ2) is 9.35. The molecule has 1 aromatic rings. The standard InChI is InChI=1S/C15H16ClN.C2H6/c1-5-6-15(11(2)12(3)17-4)13-7-9-14(16)10-8-13;1-2/h5-10H,1-2H2,3-4H3;1-2H3/b15-6+,17-12?;. The van der Waals surface area contributed by atoms with Crippen LogP contribution in [0.5, 0.6) is 0 Å². The van der Waals surface area contributed by atoms with E-state index < -0.39 is 0 Å². The second-order valence-electron chi connectivity index (χ2n) is 3.61. The molecule has 0 aliphatic heterocycles. The van der Waals surface area contributed by atoms with E-state index in [4.69, 9.17) is 11.6 Å². The summed E-state index contributed by atoms with van der Waals surface area (Å²) in [5.41, 5.74) is 3.88. The van der Waals surface area contributed by atoms with Crippen molar-refractivity contribution in [2.45, 2.75) is 20.8 Å². The lowest BCUT2D eigenvalue weighted by Gasteiger charge is -2.10. The molecule has 2 heteroatoms. The molecule has 0 heterocycles. The molecule has 0 aliphatic carbocycles. The van der Waals surface area contributed by atoms with Crippen molar-refractivity contribution >= 4 is 22.9 Å². The number of aliphatic imine (C=N–C) groups is 1. The third-order valence-corrected chi connectivity index (χ3v) is 2.79. The summed E-state index contributed by atoms with van der Waals surface area (Å²) in [5.74, 6) is 0. The van der Waals surface area contributed by atoms with Gasteiger partial charge in [0.15, 0.2) is 0 Å². The Kier molecular flexibility index (Phi) is 8.56. The molecule has 0 aliphatic rings. The van der Waals surface area contributed by atoms with Gasteiger partial charge in [-0.15, -0.1) is 0 Å². The Morgan fingerprint density at radius 3 is 2.16 bits per heavy atom. The van der Waals surface area contributed by atoms with Gasteiger partial charge in [-0.25, -0.2) is 0 Å². The molecule has 0 unspecified atom stereocenters. The van der Waals surface area contributed by atoms with Gasteiger partial charge in [0, 0.05) is 17.8 Å². The molecule has 0 fully saturated rings. The highest BCUT2D eigenvalue weighted by molar-refractivity contribution is 6.30. The number of allylic oxidation sites excluding steroid dienone is 4. The Balaban J connectivity index is 0.00000154. The maximum atomic E-state index is 5.88. The minimum Gasteiger partial charge on any atom is -0.293 e. The summed E-state index contributed by atoms with van der Waals surface area (Å²) in [7, 11) is 1.76. The highest BCUT2D eigenvalue weighted by atomic mass is 35.5. The highest BCUT2D eigenvalue weighted by Crippen LogP contribution is 2.24. The summed E-state index contributed by atoms with van der Waals surface area (Å²) in [6, 6.07) is 7.65. The molecule has 0 amide bonds. The molecule has 1 rings (SSSR count). The van der Waals surface area contributed by atoms with Gasteiger partial charge in [-0.1, -0.05) is 62.9 Å². The summed E-state index contributed by atoms with van der Waals surface area (Å²) in [5, 5.41) is 0.721. The zero-order valence-corrected chi connectivity index (χ0v) is 13.0. The lowest BCUT2D eigenvalue weighted by atomic mass is 9.96. The van der Waals surface area contributed by atoms with E-state index in [9.17, 15) is 0 Å². The molecule has 0 saturated carbocycles. The Labute approximate surface area is 122 Å². The van der Waals surface area contributed by atoms with Crippen LogP contribution < -0.4 is 0 Å². The molecular weight excluding hydrogens is 254 g/mol. The van der Waals surface area contributed by atoms with Crippen LogP contribution in [0.3, 0.4) is 0 Å². The minimum absolute atomic E-state index is 0.721. The van der Waals surface area contributed by atoms with Crippen LogP contribution in [0.1, 0.15) is 26.3 Å². The summed E-state index contributed by atoms with van der Waals surface area (Å²) in [6.45, 7) is 13.7. The molecule has 0 radical (unpaired) electrons. The zero-order valence-electron chi connectivity index (χ0n) is 12.2. The second-order valence-corrected chi connectivity index (χ2v) is 4.05. The first-order chi connectivity index (χ1) is 9.10. The summed E-state index contributed by atoms with van der Waals surface area (Å²) in [4.78, 5) is 4.15. The topological polar surface area (TPSA) is 12.4 Å². The van der Waals surface area contributed by atoms with Gasteiger partial charge in [0.25, 0.3) is 0 Å². The fraction of sp³-hybridized carbons (Fsp3) is 0.235. The van der Waals surface area contributed by atoms with E-state index in [-0.39, 0.29) is 0 Å². The van der Waals surface area contributed by atoms with Crippen molar-refractivity contribution in [3.63, 3.8) is 0 Å². The van der Waals surface area contributed by atoms with Crippen molar-refractivity contribution in [2.75, 3.05) is 7.05 Å². The van der Waals surface area contributed by atoms with E-state index in [1.165, 1.54) is 0 Å². The predicted molar refractivity (Wildman–Crippen MR) is 89.1 cm³/mol. The van der Waals surface area contributed by atoms with E-state index in [1.807, 2.05) is 51.1 Å². The normalized spacial score (nSPS) is 11.4. The lowest BCUT2D eigenvalue weighted by molar-refractivity contribution is 1.42. The van der Waals surface area contributed by atoms with E-state index in [0.717, 1.165) is 27.4 Å². The largest absolute Gasteiger partial charge is 0.293 e. The monoisotopic (exact) mass is 275 g/mol. The third kappa shape index (κ3) is 5.27. The van der Waals surface area contributed by atoms with E-state index in [0.29, 0.717) is 0 Å². The van der Waals surface area contributed by atoms with Gasteiger partial charge in [-0.2, -0.15) is 0 Å². The molecule has 0 N–H and O–H groups in total. The predicted octanol–water partition coefficient (Wildman–Crippen LogP) is 5.58. The van der Waals surface area contributed by atoms with Crippen molar-refractivity contribution in [1.29, 1.82) is 0 Å². The highest BCUT2D eigenvalue weighted by Gasteiger charge is 2.07. The molecule has 0 spiro atoms. The molecule has 0 aromatic heterocycles. The summed E-state index contributed by atoms with van der Waals surface area (Å²) < 4.78 is 0. The maximum absolute atomic E-state index is 5.88. The van der Waals surface area contributed by atoms with Crippen LogP contribution in [0.15, 0.2) is 60.1 Å². The first-order valence-electron chi connectivity index (χ1n) is 6.31. The Morgan fingerprint density at radius 1 is 1.21 bits per heavy atom. The fourth-order valence-electron chi connectivity index (χ4n) is 1.45. The average molecular weight is 276 g/mol. The molecule has 102 valence electrons. The molecule has 0 atom stereocenters. The van der Waals surface area contributed by atoms with Crippen molar-refractivity contribution in [2.24, 2.45) is 4.99 Å². The fourth-order valence-corrected chi connectivity index (χ4v) is 1.57. The SMILES string of the molecule is C=C/C=C(\C(=C)C(C)=NC)c1ccc(Cl)cc1.CC. The first-order valence-corrected chi connectivity index (χ1v) is 6.69. The summed E-state index contributed by atoms with van der Waals surface area (Å²) in [6.07, 6.45) is 3.68. The number of benzene rings is 1. The van der Waals surface area contributed by atoms with Gasteiger partial charge in [0.2, 0.25) is 0 Å². The summed E-state index contributed by atoms with van der Waals surface area (Å²) >= 11 is 5.88.